The Morgan fingerprint density at radius 3 is 2.83 bits per heavy atom. The molecule has 30 heavy (non-hydrogen) atoms. The van der Waals surface area contributed by atoms with E-state index >= 15 is 0 Å². The average Bonchev–Trinajstić information content (AvgIpc) is 3.42. The number of carbonyl (C=O) groups excluding carboxylic acids is 1. The molecule has 1 saturated heterocycles. The fourth-order valence-electron chi connectivity index (χ4n) is 3.88. The molecule has 0 spiro atoms. The number of aromatic nitrogens is 3. The van der Waals surface area contributed by atoms with Gasteiger partial charge >= 0.3 is 0 Å². The van der Waals surface area contributed by atoms with Crippen molar-refractivity contribution in [2.24, 2.45) is 5.10 Å². The topological polar surface area (TPSA) is 85.8 Å². The number of ether oxygens (including phenoxy) is 1. The van der Waals surface area contributed by atoms with Crippen LogP contribution in [-0.4, -0.2) is 46.8 Å². The van der Waals surface area contributed by atoms with Crippen molar-refractivity contribution >= 4 is 22.7 Å². The van der Waals surface area contributed by atoms with Crippen LogP contribution in [0.3, 0.4) is 0 Å². The number of nitrogens with zero attached hydrogens (tertiary/aromatic N) is 4. The van der Waals surface area contributed by atoms with Crippen molar-refractivity contribution in [1.82, 2.24) is 20.4 Å². The van der Waals surface area contributed by atoms with Gasteiger partial charge < -0.3 is 9.64 Å². The zero-order valence-electron chi connectivity index (χ0n) is 17.4. The third-order valence-electron chi connectivity index (χ3n) is 5.51. The molecule has 2 heterocycles. The standard InChI is InChI=1S/C22H26N6O2/c1-16(17-9-10-21(30-2)18(13-17)14-27-11-5-6-12-27)23-25-22(29)15-28-20-8-4-3-7-19(20)24-26-28/h3-4,7-10,13H,5-6,11-12,14-15H2,1-2H3,(H,25,29)/p+1/b23-16-. The minimum atomic E-state index is -0.250. The van der Waals surface area contributed by atoms with Crippen molar-refractivity contribution in [3.8, 4) is 5.75 Å². The third kappa shape index (κ3) is 4.49. The van der Waals surface area contributed by atoms with Gasteiger partial charge in [0, 0.05) is 18.4 Å². The van der Waals surface area contributed by atoms with E-state index in [1.807, 2.05) is 43.3 Å². The molecule has 0 atom stereocenters. The lowest BCUT2D eigenvalue weighted by Crippen LogP contribution is -3.08. The Morgan fingerprint density at radius 1 is 1.23 bits per heavy atom. The molecule has 4 rings (SSSR count). The van der Waals surface area contributed by atoms with E-state index in [0.717, 1.165) is 34.6 Å². The number of rotatable bonds is 7. The minimum Gasteiger partial charge on any atom is -0.496 e. The number of hydrazone groups is 1. The van der Waals surface area contributed by atoms with E-state index in [1.54, 1.807) is 16.7 Å². The Bertz CT molecular complexity index is 1070. The van der Waals surface area contributed by atoms with E-state index in [4.69, 9.17) is 4.74 Å². The molecule has 3 aromatic rings. The smallest absolute Gasteiger partial charge is 0.261 e. The van der Waals surface area contributed by atoms with Crippen molar-refractivity contribution in [2.45, 2.75) is 32.9 Å². The highest BCUT2D eigenvalue weighted by molar-refractivity contribution is 5.99. The first kappa shape index (κ1) is 20.0. The van der Waals surface area contributed by atoms with Gasteiger partial charge in [0.15, 0.2) is 0 Å². The molecule has 2 N–H and O–H groups in total. The Hall–Kier alpha value is -3.26. The Labute approximate surface area is 175 Å². The number of hydrogen-bond donors (Lipinski definition) is 2. The lowest BCUT2D eigenvalue weighted by atomic mass is 10.1. The van der Waals surface area contributed by atoms with Gasteiger partial charge in [-0.2, -0.15) is 5.10 Å². The van der Waals surface area contributed by atoms with Crippen LogP contribution in [0.5, 0.6) is 5.75 Å². The van der Waals surface area contributed by atoms with Crippen LogP contribution < -0.4 is 15.1 Å². The molecule has 8 nitrogen and oxygen atoms in total. The van der Waals surface area contributed by atoms with Crippen molar-refractivity contribution in [2.75, 3.05) is 20.2 Å². The summed E-state index contributed by atoms with van der Waals surface area (Å²) in [5, 5.41) is 12.4. The van der Waals surface area contributed by atoms with E-state index in [-0.39, 0.29) is 12.5 Å². The van der Waals surface area contributed by atoms with E-state index < -0.39 is 0 Å². The molecule has 0 unspecified atom stereocenters. The summed E-state index contributed by atoms with van der Waals surface area (Å²) in [6.45, 7) is 5.29. The zero-order valence-corrected chi connectivity index (χ0v) is 17.4. The molecule has 1 aliphatic rings. The molecule has 0 bridgehead atoms. The fourth-order valence-corrected chi connectivity index (χ4v) is 3.88. The lowest BCUT2D eigenvalue weighted by Gasteiger charge is -2.15. The quantitative estimate of drug-likeness (QED) is 0.455. The number of hydrogen-bond acceptors (Lipinski definition) is 5. The number of likely N-dealkylation sites (tertiary alicyclic amines) is 1. The van der Waals surface area contributed by atoms with E-state index in [0.29, 0.717) is 0 Å². The summed E-state index contributed by atoms with van der Waals surface area (Å²) in [6.07, 6.45) is 2.57. The van der Waals surface area contributed by atoms with Crippen molar-refractivity contribution in [3.63, 3.8) is 0 Å². The number of nitrogens with one attached hydrogen (secondary N) is 2. The number of carbonyl (C=O) groups is 1. The second-order valence-corrected chi connectivity index (χ2v) is 7.63. The Morgan fingerprint density at radius 2 is 2.03 bits per heavy atom. The highest BCUT2D eigenvalue weighted by atomic mass is 16.5. The lowest BCUT2D eigenvalue weighted by molar-refractivity contribution is -0.901. The van der Waals surface area contributed by atoms with Gasteiger partial charge in [-0.25, -0.2) is 10.1 Å². The van der Waals surface area contributed by atoms with E-state index in [1.165, 1.54) is 31.5 Å². The molecule has 1 aliphatic heterocycles. The van der Waals surface area contributed by atoms with Gasteiger partial charge in [0.1, 0.15) is 24.4 Å². The first-order chi connectivity index (χ1) is 14.6. The molecule has 0 radical (unpaired) electrons. The number of fused-ring (bicyclic) bond motifs is 1. The largest absolute Gasteiger partial charge is 0.496 e. The zero-order chi connectivity index (χ0) is 20.9. The van der Waals surface area contributed by atoms with Crippen molar-refractivity contribution in [1.29, 1.82) is 0 Å². The average molecular weight is 407 g/mol. The fraction of sp³-hybridized carbons (Fsp3) is 0.364. The van der Waals surface area contributed by atoms with Gasteiger partial charge in [-0.3, -0.25) is 4.79 Å². The number of benzene rings is 2. The van der Waals surface area contributed by atoms with E-state index in [9.17, 15) is 4.79 Å². The van der Waals surface area contributed by atoms with Crippen LogP contribution in [0.1, 0.15) is 30.9 Å². The van der Waals surface area contributed by atoms with Gasteiger partial charge in [-0.1, -0.05) is 17.3 Å². The summed E-state index contributed by atoms with van der Waals surface area (Å²) >= 11 is 0. The molecule has 0 aliphatic carbocycles. The maximum Gasteiger partial charge on any atom is 0.261 e. The monoisotopic (exact) mass is 407 g/mol. The van der Waals surface area contributed by atoms with Crippen LogP contribution in [0.4, 0.5) is 0 Å². The van der Waals surface area contributed by atoms with Gasteiger partial charge in [-0.15, -0.1) is 5.10 Å². The number of quaternary nitrogens is 1. The van der Waals surface area contributed by atoms with Crippen LogP contribution in [-0.2, 0) is 17.9 Å². The Balaban J connectivity index is 1.44. The molecule has 2 aromatic carbocycles. The highest BCUT2D eigenvalue weighted by Crippen LogP contribution is 2.20. The number of para-hydroxylation sites is 1. The molecule has 1 aromatic heterocycles. The molecule has 0 saturated carbocycles. The van der Waals surface area contributed by atoms with E-state index in [2.05, 4.69) is 26.9 Å². The first-order valence-electron chi connectivity index (χ1n) is 10.3. The van der Waals surface area contributed by atoms with Crippen LogP contribution in [0.2, 0.25) is 0 Å². The summed E-state index contributed by atoms with van der Waals surface area (Å²) in [5.41, 5.74) is 7.09. The summed E-state index contributed by atoms with van der Waals surface area (Å²) in [7, 11) is 1.70. The molecule has 8 heteroatoms. The van der Waals surface area contributed by atoms with Crippen molar-refractivity contribution in [3.05, 3.63) is 53.6 Å². The second-order valence-electron chi connectivity index (χ2n) is 7.63. The second kappa shape index (κ2) is 9.04. The highest BCUT2D eigenvalue weighted by Gasteiger charge is 2.18. The molecular weight excluding hydrogens is 380 g/mol. The van der Waals surface area contributed by atoms with Gasteiger partial charge in [-0.05, 0) is 42.8 Å². The molecular formula is C22H27N6O2+. The van der Waals surface area contributed by atoms with Gasteiger partial charge in [0.2, 0.25) is 0 Å². The maximum absolute atomic E-state index is 12.4. The van der Waals surface area contributed by atoms with Gasteiger partial charge in [0.25, 0.3) is 5.91 Å². The predicted octanol–water partition coefficient (Wildman–Crippen LogP) is 1.16. The Kier molecular flexibility index (Phi) is 6.04. The number of amides is 1. The molecule has 156 valence electrons. The summed E-state index contributed by atoms with van der Waals surface area (Å²) in [4.78, 5) is 13.9. The SMILES string of the molecule is COc1ccc(/C(C)=N\NC(=O)Cn2nnc3ccccc32)cc1C[NH+]1CCCC1. The molecule has 1 amide bonds. The van der Waals surface area contributed by atoms with Crippen LogP contribution >= 0.6 is 0 Å². The van der Waals surface area contributed by atoms with Crippen LogP contribution in [0.25, 0.3) is 11.0 Å². The summed E-state index contributed by atoms with van der Waals surface area (Å²) < 4.78 is 7.11. The first-order valence-corrected chi connectivity index (χ1v) is 10.3. The van der Waals surface area contributed by atoms with Crippen LogP contribution in [0, 0.1) is 0 Å². The van der Waals surface area contributed by atoms with Crippen molar-refractivity contribution < 1.29 is 14.4 Å². The molecule has 1 fully saturated rings. The third-order valence-corrected chi connectivity index (χ3v) is 5.51. The number of methoxy groups -OCH3 is 1. The predicted molar refractivity (Wildman–Crippen MR) is 115 cm³/mol. The normalized spacial score (nSPS) is 14.9. The van der Waals surface area contributed by atoms with Crippen LogP contribution in [0.15, 0.2) is 47.6 Å². The van der Waals surface area contributed by atoms with Gasteiger partial charge in [0.05, 0.1) is 31.4 Å². The summed E-state index contributed by atoms with van der Waals surface area (Å²) in [5.74, 6) is 0.647. The summed E-state index contributed by atoms with van der Waals surface area (Å²) in [6, 6.07) is 13.6. The minimum absolute atomic E-state index is 0.0590. The maximum atomic E-state index is 12.4.